The first-order valence-electron chi connectivity index (χ1n) is 10.4. The molecule has 0 radical (unpaired) electrons. The van der Waals surface area contributed by atoms with Crippen LogP contribution < -0.4 is 10.2 Å². The van der Waals surface area contributed by atoms with E-state index in [1.54, 1.807) is 0 Å². The third kappa shape index (κ3) is 4.21. The molecule has 3 aliphatic rings. The summed E-state index contributed by atoms with van der Waals surface area (Å²) in [6.07, 6.45) is 9.17. The molecular weight excluding hydrogens is 338 g/mol. The summed E-state index contributed by atoms with van der Waals surface area (Å²) >= 11 is 0. The summed E-state index contributed by atoms with van der Waals surface area (Å²) in [5.41, 5.74) is 1.76. The van der Waals surface area contributed by atoms with Gasteiger partial charge in [0.25, 0.3) is 0 Å². The third-order valence-electron chi connectivity index (χ3n) is 6.44. The highest BCUT2D eigenvalue weighted by molar-refractivity contribution is 5.80. The zero-order valence-corrected chi connectivity index (χ0v) is 16.8. The van der Waals surface area contributed by atoms with Gasteiger partial charge < -0.3 is 19.9 Å². The van der Waals surface area contributed by atoms with Crippen molar-refractivity contribution in [3.05, 3.63) is 23.9 Å². The molecule has 4 rings (SSSR count). The van der Waals surface area contributed by atoms with E-state index in [0.717, 1.165) is 44.6 Å². The number of aromatic nitrogens is 1. The molecule has 2 aliphatic heterocycles. The minimum Gasteiger partial charge on any atom is -0.375 e. The molecule has 0 aromatic carbocycles. The summed E-state index contributed by atoms with van der Waals surface area (Å²) in [6.45, 7) is 7.78. The highest BCUT2D eigenvalue weighted by Crippen LogP contribution is 2.45. The number of nitrogens with one attached hydrogen (secondary N) is 1. The molecule has 3 heterocycles. The lowest BCUT2D eigenvalue weighted by molar-refractivity contribution is 0.0529. The Kier molecular flexibility index (Phi) is 5.53. The van der Waals surface area contributed by atoms with Gasteiger partial charge in [0.05, 0.1) is 12.7 Å². The molecule has 3 fully saturated rings. The van der Waals surface area contributed by atoms with E-state index in [1.165, 1.54) is 44.2 Å². The molecular formula is C21H33N5O. The highest BCUT2D eigenvalue weighted by Gasteiger charge is 2.41. The molecule has 0 bridgehead atoms. The lowest BCUT2D eigenvalue weighted by Gasteiger charge is -2.32. The van der Waals surface area contributed by atoms with E-state index in [4.69, 9.17) is 4.74 Å². The molecule has 6 heteroatoms. The Morgan fingerprint density at radius 1 is 1.30 bits per heavy atom. The van der Waals surface area contributed by atoms with Crippen LogP contribution in [-0.4, -0.2) is 61.8 Å². The van der Waals surface area contributed by atoms with E-state index in [1.807, 2.05) is 13.2 Å². The predicted octanol–water partition coefficient (Wildman–Crippen LogP) is 2.65. The van der Waals surface area contributed by atoms with Crippen molar-refractivity contribution in [1.29, 1.82) is 0 Å². The fourth-order valence-corrected chi connectivity index (χ4v) is 4.90. The van der Waals surface area contributed by atoms with Crippen LogP contribution in [0.25, 0.3) is 0 Å². The third-order valence-corrected chi connectivity index (χ3v) is 6.44. The van der Waals surface area contributed by atoms with Crippen molar-refractivity contribution >= 4 is 11.8 Å². The van der Waals surface area contributed by atoms with E-state index in [0.29, 0.717) is 5.41 Å². The molecule has 148 valence electrons. The van der Waals surface area contributed by atoms with Crippen LogP contribution in [0.1, 0.15) is 44.6 Å². The summed E-state index contributed by atoms with van der Waals surface area (Å²) in [6, 6.07) is 4.30. The van der Waals surface area contributed by atoms with Crippen LogP contribution in [0.2, 0.25) is 0 Å². The van der Waals surface area contributed by atoms with Gasteiger partial charge in [-0.3, -0.25) is 4.99 Å². The molecule has 1 aliphatic carbocycles. The number of nitrogens with zero attached hydrogens (tertiary/aromatic N) is 4. The summed E-state index contributed by atoms with van der Waals surface area (Å²) in [5, 5.41) is 3.54. The second-order valence-electron chi connectivity index (χ2n) is 8.43. The highest BCUT2D eigenvalue weighted by atomic mass is 16.5. The van der Waals surface area contributed by atoms with E-state index < -0.39 is 0 Å². The molecule has 27 heavy (non-hydrogen) atoms. The molecule has 1 N–H and O–H groups in total. The average Bonchev–Trinajstić information content (AvgIpc) is 3.33. The number of guanidine groups is 1. The van der Waals surface area contributed by atoms with E-state index in [2.05, 4.69) is 44.1 Å². The Labute approximate surface area is 163 Å². The lowest BCUT2D eigenvalue weighted by atomic mass is 9.86. The zero-order chi connectivity index (χ0) is 18.7. The monoisotopic (exact) mass is 371 g/mol. The number of ether oxygens (including phenoxy) is 1. The van der Waals surface area contributed by atoms with Crippen LogP contribution in [0.3, 0.4) is 0 Å². The van der Waals surface area contributed by atoms with E-state index >= 15 is 0 Å². The molecule has 1 spiro atoms. The Morgan fingerprint density at radius 3 is 2.85 bits per heavy atom. The second kappa shape index (κ2) is 8.05. The van der Waals surface area contributed by atoms with Gasteiger partial charge in [-0.1, -0.05) is 18.9 Å². The van der Waals surface area contributed by atoms with Gasteiger partial charge in [-0.2, -0.15) is 0 Å². The smallest absolute Gasteiger partial charge is 0.193 e. The maximum Gasteiger partial charge on any atom is 0.193 e. The number of rotatable bonds is 3. The van der Waals surface area contributed by atoms with Gasteiger partial charge in [-0.05, 0) is 43.2 Å². The van der Waals surface area contributed by atoms with Gasteiger partial charge >= 0.3 is 0 Å². The largest absolute Gasteiger partial charge is 0.375 e. The van der Waals surface area contributed by atoms with Crippen molar-refractivity contribution in [3.8, 4) is 0 Å². The first-order chi connectivity index (χ1) is 13.2. The second-order valence-corrected chi connectivity index (χ2v) is 8.43. The van der Waals surface area contributed by atoms with Crippen LogP contribution in [-0.2, 0) is 11.3 Å². The minimum atomic E-state index is 0.272. The van der Waals surface area contributed by atoms with Crippen molar-refractivity contribution in [3.63, 3.8) is 0 Å². The van der Waals surface area contributed by atoms with Crippen LogP contribution >= 0.6 is 0 Å². The van der Waals surface area contributed by atoms with Gasteiger partial charge in [0.1, 0.15) is 5.82 Å². The SMILES string of the molecule is CN=C(NCc1ccc(N2CCOC(C)C2)nc1)N1CCC2(CCCC2)C1. The molecule has 6 nitrogen and oxygen atoms in total. The maximum absolute atomic E-state index is 5.62. The van der Waals surface area contributed by atoms with Crippen molar-refractivity contribution < 1.29 is 4.74 Å². The molecule has 1 saturated carbocycles. The fraction of sp³-hybridized carbons (Fsp3) is 0.714. The van der Waals surface area contributed by atoms with Crippen LogP contribution in [0.15, 0.2) is 23.3 Å². The van der Waals surface area contributed by atoms with Crippen molar-refractivity contribution in [2.24, 2.45) is 10.4 Å². The Balaban J connectivity index is 1.31. The van der Waals surface area contributed by atoms with Gasteiger partial charge in [-0.15, -0.1) is 0 Å². The quantitative estimate of drug-likeness (QED) is 0.654. The number of likely N-dealkylation sites (tertiary alicyclic amines) is 1. The molecule has 2 saturated heterocycles. The molecule has 0 amide bonds. The van der Waals surface area contributed by atoms with Gasteiger partial charge in [0.15, 0.2) is 5.96 Å². The minimum absolute atomic E-state index is 0.272. The molecule has 1 atom stereocenters. The average molecular weight is 372 g/mol. The Morgan fingerprint density at radius 2 is 2.15 bits per heavy atom. The van der Waals surface area contributed by atoms with Crippen molar-refractivity contribution in [1.82, 2.24) is 15.2 Å². The summed E-state index contributed by atoms with van der Waals surface area (Å²) in [7, 11) is 1.89. The Hall–Kier alpha value is -1.82. The number of anilines is 1. The lowest BCUT2D eigenvalue weighted by Crippen LogP contribution is -2.41. The standard InChI is InChI=1S/C21H33N5O/c1-17-15-25(11-12-27-17)19-6-5-18(13-23-19)14-24-20(22-2)26-10-9-21(16-26)7-3-4-8-21/h5-6,13,17H,3-4,7-12,14-16H2,1-2H3,(H,22,24). The zero-order valence-electron chi connectivity index (χ0n) is 16.8. The van der Waals surface area contributed by atoms with Crippen LogP contribution in [0, 0.1) is 5.41 Å². The van der Waals surface area contributed by atoms with Gasteiger partial charge in [-0.25, -0.2) is 4.98 Å². The van der Waals surface area contributed by atoms with Crippen LogP contribution in [0.4, 0.5) is 5.82 Å². The summed E-state index contributed by atoms with van der Waals surface area (Å²) < 4.78 is 5.62. The normalized spacial score (nSPS) is 25.4. The number of hydrogen-bond donors (Lipinski definition) is 1. The summed E-state index contributed by atoms with van der Waals surface area (Å²) in [4.78, 5) is 13.9. The topological polar surface area (TPSA) is 53.0 Å². The predicted molar refractivity (Wildman–Crippen MR) is 109 cm³/mol. The molecule has 1 unspecified atom stereocenters. The van der Waals surface area contributed by atoms with E-state index in [-0.39, 0.29) is 6.10 Å². The molecule has 1 aromatic rings. The van der Waals surface area contributed by atoms with Crippen molar-refractivity contribution in [2.75, 3.05) is 44.7 Å². The fourth-order valence-electron chi connectivity index (χ4n) is 4.90. The summed E-state index contributed by atoms with van der Waals surface area (Å²) in [5.74, 6) is 2.07. The van der Waals surface area contributed by atoms with E-state index in [9.17, 15) is 0 Å². The molecule has 1 aromatic heterocycles. The Bertz CT molecular complexity index is 653. The number of aliphatic imine (C=N–C) groups is 1. The van der Waals surface area contributed by atoms with Gasteiger partial charge in [0.2, 0.25) is 0 Å². The van der Waals surface area contributed by atoms with Crippen molar-refractivity contribution in [2.45, 2.75) is 51.7 Å². The van der Waals surface area contributed by atoms with Gasteiger partial charge in [0, 0.05) is 46.0 Å². The number of morpholine rings is 1. The maximum atomic E-state index is 5.62. The first-order valence-corrected chi connectivity index (χ1v) is 10.4. The number of hydrogen-bond acceptors (Lipinski definition) is 4. The first kappa shape index (κ1) is 18.5. The number of pyridine rings is 1. The van der Waals surface area contributed by atoms with Crippen LogP contribution in [0.5, 0.6) is 0 Å².